The van der Waals surface area contributed by atoms with E-state index in [-0.39, 0.29) is 17.1 Å². The molecule has 0 saturated carbocycles. The molecule has 1 aromatic heterocycles. The van der Waals surface area contributed by atoms with Crippen LogP contribution in [-0.2, 0) is 0 Å². The van der Waals surface area contributed by atoms with Crippen molar-refractivity contribution in [3.8, 4) is 6.07 Å². The second-order valence-electron chi connectivity index (χ2n) is 4.16. The van der Waals surface area contributed by atoms with Crippen molar-refractivity contribution in [1.82, 2.24) is 9.97 Å². The molecule has 1 rings (SSSR count). The third kappa shape index (κ3) is 2.83. The van der Waals surface area contributed by atoms with E-state index in [4.69, 9.17) is 16.9 Å². The Hall–Kier alpha value is -1.34. The molecule has 0 spiro atoms. The number of halogens is 1. The van der Waals surface area contributed by atoms with Crippen molar-refractivity contribution in [3.05, 3.63) is 16.5 Å². The zero-order valence-electron chi connectivity index (χ0n) is 9.87. The van der Waals surface area contributed by atoms with Crippen molar-refractivity contribution in [2.24, 2.45) is 0 Å². The molecule has 5 heteroatoms. The lowest BCUT2D eigenvalue weighted by Gasteiger charge is -2.13. The van der Waals surface area contributed by atoms with Gasteiger partial charge in [0, 0.05) is 12.0 Å². The van der Waals surface area contributed by atoms with Gasteiger partial charge in [0.1, 0.15) is 23.3 Å². The lowest BCUT2D eigenvalue weighted by atomic mass is 10.2. The maximum absolute atomic E-state index is 8.99. The van der Waals surface area contributed by atoms with Crippen molar-refractivity contribution < 1.29 is 0 Å². The van der Waals surface area contributed by atoms with Gasteiger partial charge in [-0.25, -0.2) is 9.97 Å². The fourth-order valence-corrected chi connectivity index (χ4v) is 1.40. The highest BCUT2D eigenvalue weighted by Gasteiger charge is 2.15. The van der Waals surface area contributed by atoms with Crippen LogP contribution in [0.15, 0.2) is 0 Å². The van der Waals surface area contributed by atoms with Crippen LogP contribution in [0.2, 0.25) is 5.15 Å². The molecule has 1 heterocycles. The van der Waals surface area contributed by atoms with Gasteiger partial charge in [-0.3, -0.25) is 0 Å². The second-order valence-corrected chi connectivity index (χ2v) is 4.52. The Balaban J connectivity index is 3.26. The Labute approximate surface area is 101 Å². The summed E-state index contributed by atoms with van der Waals surface area (Å²) in [5.74, 6) is 1.34. The van der Waals surface area contributed by atoms with Crippen LogP contribution in [0.25, 0.3) is 0 Å². The van der Waals surface area contributed by atoms with Gasteiger partial charge in [0.2, 0.25) is 0 Å². The van der Waals surface area contributed by atoms with E-state index in [0.29, 0.717) is 17.2 Å². The van der Waals surface area contributed by atoms with E-state index in [2.05, 4.69) is 15.3 Å². The van der Waals surface area contributed by atoms with E-state index in [1.54, 1.807) is 0 Å². The maximum atomic E-state index is 8.99. The largest absolute Gasteiger partial charge is 0.367 e. The zero-order chi connectivity index (χ0) is 12.3. The number of nitriles is 1. The number of rotatable bonds is 3. The van der Waals surface area contributed by atoms with E-state index in [0.717, 1.165) is 0 Å². The summed E-state index contributed by atoms with van der Waals surface area (Å²) in [5.41, 5.74) is 0.305. The van der Waals surface area contributed by atoms with Gasteiger partial charge in [0.25, 0.3) is 0 Å². The summed E-state index contributed by atoms with van der Waals surface area (Å²) in [5, 5.41) is 12.3. The summed E-state index contributed by atoms with van der Waals surface area (Å²) < 4.78 is 0. The highest BCUT2D eigenvalue weighted by molar-refractivity contribution is 6.30. The first kappa shape index (κ1) is 12.7. The predicted molar refractivity (Wildman–Crippen MR) is 64.6 cm³/mol. The van der Waals surface area contributed by atoms with Gasteiger partial charge in [-0.05, 0) is 13.8 Å². The third-order valence-corrected chi connectivity index (χ3v) is 2.21. The molecule has 0 bridgehead atoms. The number of aromatic nitrogens is 2. The number of nitrogens with zero attached hydrogens (tertiary/aromatic N) is 3. The average Bonchev–Trinajstić information content (AvgIpc) is 2.16. The Morgan fingerprint density at radius 3 is 2.31 bits per heavy atom. The Kier molecular flexibility index (Phi) is 4.08. The van der Waals surface area contributed by atoms with Crippen molar-refractivity contribution in [2.75, 3.05) is 5.32 Å². The number of hydrogen-bond donors (Lipinski definition) is 1. The minimum absolute atomic E-state index is 0.179. The Bertz CT molecular complexity index is 421. The molecule has 4 nitrogen and oxygen atoms in total. The topological polar surface area (TPSA) is 61.6 Å². The summed E-state index contributed by atoms with van der Waals surface area (Å²) in [6.45, 7) is 7.92. The molecule has 0 fully saturated rings. The normalized spacial score (nSPS) is 10.6. The summed E-state index contributed by atoms with van der Waals surface area (Å²) in [6.07, 6.45) is 0. The highest BCUT2D eigenvalue weighted by Crippen LogP contribution is 2.23. The van der Waals surface area contributed by atoms with E-state index < -0.39 is 0 Å². The molecule has 0 atom stereocenters. The molecule has 0 radical (unpaired) electrons. The molecule has 16 heavy (non-hydrogen) atoms. The van der Waals surface area contributed by atoms with E-state index in [1.807, 2.05) is 33.8 Å². The van der Waals surface area contributed by atoms with Gasteiger partial charge in [-0.2, -0.15) is 5.26 Å². The van der Waals surface area contributed by atoms with Crippen LogP contribution in [0, 0.1) is 11.3 Å². The van der Waals surface area contributed by atoms with Crippen LogP contribution >= 0.6 is 11.6 Å². The fourth-order valence-electron chi connectivity index (χ4n) is 1.18. The van der Waals surface area contributed by atoms with Gasteiger partial charge in [0.15, 0.2) is 5.15 Å². The first-order valence-electron chi connectivity index (χ1n) is 5.19. The van der Waals surface area contributed by atoms with Crippen LogP contribution in [0.4, 0.5) is 5.82 Å². The summed E-state index contributed by atoms with van der Waals surface area (Å²) in [4.78, 5) is 8.42. The highest BCUT2D eigenvalue weighted by atomic mass is 35.5. The minimum Gasteiger partial charge on any atom is -0.367 e. The zero-order valence-corrected chi connectivity index (χ0v) is 10.6. The smallest absolute Gasteiger partial charge is 0.152 e. The molecule has 0 unspecified atom stereocenters. The van der Waals surface area contributed by atoms with Gasteiger partial charge in [0.05, 0.1) is 0 Å². The van der Waals surface area contributed by atoms with Gasteiger partial charge in [-0.1, -0.05) is 25.4 Å². The maximum Gasteiger partial charge on any atom is 0.152 e. The van der Waals surface area contributed by atoms with Gasteiger partial charge in [-0.15, -0.1) is 0 Å². The van der Waals surface area contributed by atoms with Gasteiger partial charge < -0.3 is 5.32 Å². The third-order valence-electron chi connectivity index (χ3n) is 1.94. The summed E-state index contributed by atoms with van der Waals surface area (Å²) in [7, 11) is 0. The standard InChI is InChI=1S/C11H15ClN4/c1-6(2)10-15-9(12)8(5-13)11(16-10)14-7(3)4/h6-7H,1-4H3,(H,14,15,16). The molecule has 0 saturated heterocycles. The van der Waals surface area contributed by atoms with Crippen LogP contribution in [0.5, 0.6) is 0 Å². The lowest BCUT2D eigenvalue weighted by molar-refractivity contribution is 0.768. The Morgan fingerprint density at radius 2 is 1.88 bits per heavy atom. The molecule has 86 valence electrons. The number of anilines is 1. The second kappa shape index (κ2) is 5.13. The Morgan fingerprint density at radius 1 is 1.25 bits per heavy atom. The van der Waals surface area contributed by atoms with Crippen molar-refractivity contribution in [2.45, 2.75) is 39.7 Å². The first-order valence-corrected chi connectivity index (χ1v) is 5.57. The predicted octanol–water partition coefficient (Wildman–Crippen LogP) is 2.95. The average molecular weight is 239 g/mol. The first-order chi connectivity index (χ1) is 7.45. The van der Waals surface area contributed by atoms with Crippen LogP contribution in [0.1, 0.15) is 45.0 Å². The molecule has 0 aliphatic heterocycles. The van der Waals surface area contributed by atoms with Crippen LogP contribution < -0.4 is 5.32 Å². The quantitative estimate of drug-likeness (QED) is 0.823. The molecule has 1 N–H and O–H groups in total. The minimum atomic E-state index is 0.179. The molecule has 0 aliphatic carbocycles. The van der Waals surface area contributed by atoms with Gasteiger partial charge >= 0.3 is 0 Å². The molecule has 0 aromatic carbocycles. The van der Waals surface area contributed by atoms with Crippen LogP contribution in [-0.4, -0.2) is 16.0 Å². The monoisotopic (exact) mass is 238 g/mol. The van der Waals surface area contributed by atoms with Crippen molar-refractivity contribution in [3.63, 3.8) is 0 Å². The molecule has 1 aromatic rings. The van der Waals surface area contributed by atoms with Crippen LogP contribution in [0.3, 0.4) is 0 Å². The molecule has 0 aliphatic rings. The van der Waals surface area contributed by atoms with Crippen molar-refractivity contribution in [1.29, 1.82) is 5.26 Å². The molecule has 0 amide bonds. The molecular formula is C11H15ClN4. The van der Waals surface area contributed by atoms with E-state index in [1.165, 1.54) is 0 Å². The van der Waals surface area contributed by atoms with E-state index in [9.17, 15) is 0 Å². The SMILES string of the molecule is CC(C)Nc1nc(C(C)C)nc(Cl)c1C#N. The lowest BCUT2D eigenvalue weighted by Crippen LogP contribution is -2.14. The summed E-state index contributed by atoms with van der Waals surface area (Å²) in [6, 6.07) is 2.21. The fraction of sp³-hybridized carbons (Fsp3) is 0.545. The number of nitrogens with one attached hydrogen (secondary N) is 1. The van der Waals surface area contributed by atoms with E-state index >= 15 is 0 Å². The summed E-state index contributed by atoms with van der Waals surface area (Å²) >= 11 is 5.95. The molecular weight excluding hydrogens is 224 g/mol. The number of hydrogen-bond acceptors (Lipinski definition) is 4. The van der Waals surface area contributed by atoms with Crippen molar-refractivity contribution >= 4 is 17.4 Å².